The topological polar surface area (TPSA) is 87.2 Å². The standard InChI is InChI=1S/C19H26N2O5/c1-14(19(24)25)20(2)18(23)15-8-11-21(12-9-15)17(22)10-13-26-16-6-4-3-5-7-16/h3-7,14-15H,8-13H2,1-2H3,(H,24,25). The van der Waals surface area contributed by atoms with Crippen LogP contribution in [0.3, 0.4) is 0 Å². The van der Waals surface area contributed by atoms with Crippen LogP contribution in [0.4, 0.5) is 0 Å². The Hall–Kier alpha value is -2.57. The lowest BCUT2D eigenvalue weighted by Gasteiger charge is -2.34. The van der Waals surface area contributed by atoms with E-state index in [-0.39, 0.29) is 17.7 Å². The van der Waals surface area contributed by atoms with Crippen molar-refractivity contribution in [2.75, 3.05) is 26.7 Å². The van der Waals surface area contributed by atoms with E-state index in [2.05, 4.69) is 0 Å². The number of ether oxygens (including phenoxy) is 1. The number of likely N-dealkylation sites (N-methyl/N-ethyl adjacent to an activating group) is 1. The minimum absolute atomic E-state index is 0.0130. The highest BCUT2D eigenvalue weighted by Crippen LogP contribution is 2.21. The molecule has 1 fully saturated rings. The van der Waals surface area contributed by atoms with Crippen molar-refractivity contribution in [3.63, 3.8) is 0 Å². The van der Waals surface area contributed by atoms with Crippen molar-refractivity contribution < 1.29 is 24.2 Å². The van der Waals surface area contributed by atoms with E-state index in [1.54, 1.807) is 4.90 Å². The monoisotopic (exact) mass is 362 g/mol. The summed E-state index contributed by atoms with van der Waals surface area (Å²) < 4.78 is 5.54. The second-order valence-corrected chi connectivity index (χ2v) is 6.53. The summed E-state index contributed by atoms with van der Waals surface area (Å²) in [5, 5.41) is 9.02. The molecule has 1 aliphatic rings. The van der Waals surface area contributed by atoms with E-state index in [0.29, 0.717) is 39.0 Å². The quantitative estimate of drug-likeness (QED) is 0.796. The molecule has 1 saturated heterocycles. The third-order valence-corrected chi connectivity index (χ3v) is 4.81. The smallest absolute Gasteiger partial charge is 0.326 e. The van der Waals surface area contributed by atoms with Crippen LogP contribution < -0.4 is 4.74 Å². The Morgan fingerprint density at radius 1 is 1.23 bits per heavy atom. The van der Waals surface area contributed by atoms with Gasteiger partial charge in [0.2, 0.25) is 11.8 Å². The predicted octanol–water partition coefficient (Wildman–Crippen LogP) is 1.63. The Balaban J connectivity index is 1.74. The predicted molar refractivity (Wildman–Crippen MR) is 95.7 cm³/mol. The molecule has 0 radical (unpaired) electrons. The van der Waals surface area contributed by atoms with Gasteiger partial charge in [0.25, 0.3) is 0 Å². The van der Waals surface area contributed by atoms with Gasteiger partial charge in [0.15, 0.2) is 0 Å². The molecule has 1 aromatic rings. The molecule has 0 spiro atoms. The lowest BCUT2D eigenvalue weighted by Crippen LogP contribution is -2.47. The van der Waals surface area contributed by atoms with Gasteiger partial charge >= 0.3 is 5.97 Å². The van der Waals surface area contributed by atoms with Crippen LogP contribution in [0.25, 0.3) is 0 Å². The molecule has 0 bridgehead atoms. The van der Waals surface area contributed by atoms with E-state index in [1.807, 2.05) is 30.3 Å². The van der Waals surface area contributed by atoms with Crippen LogP contribution in [0.5, 0.6) is 5.75 Å². The van der Waals surface area contributed by atoms with Crippen molar-refractivity contribution in [3.8, 4) is 5.75 Å². The maximum atomic E-state index is 12.4. The highest BCUT2D eigenvalue weighted by molar-refractivity contribution is 5.85. The third-order valence-electron chi connectivity index (χ3n) is 4.81. The van der Waals surface area contributed by atoms with Gasteiger partial charge in [0, 0.05) is 26.1 Å². The van der Waals surface area contributed by atoms with Crippen LogP contribution in [-0.2, 0) is 14.4 Å². The summed E-state index contributed by atoms with van der Waals surface area (Å²) in [6, 6.07) is 8.49. The zero-order valence-corrected chi connectivity index (χ0v) is 15.3. The van der Waals surface area contributed by atoms with Gasteiger partial charge in [0.05, 0.1) is 13.0 Å². The molecule has 1 atom stereocenters. The van der Waals surface area contributed by atoms with Crippen LogP contribution >= 0.6 is 0 Å². The molecular weight excluding hydrogens is 336 g/mol. The molecule has 0 aromatic heterocycles. The highest BCUT2D eigenvalue weighted by atomic mass is 16.5. The summed E-state index contributed by atoms with van der Waals surface area (Å²) in [6.07, 6.45) is 1.41. The first-order chi connectivity index (χ1) is 12.4. The van der Waals surface area contributed by atoms with E-state index in [4.69, 9.17) is 9.84 Å². The van der Waals surface area contributed by atoms with E-state index < -0.39 is 12.0 Å². The number of hydrogen-bond acceptors (Lipinski definition) is 4. The molecule has 2 amide bonds. The first kappa shape index (κ1) is 19.8. The van der Waals surface area contributed by atoms with Gasteiger partial charge in [-0.15, -0.1) is 0 Å². The maximum absolute atomic E-state index is 12.4. The van der Waals surface area contributed by atoms with E-state index in [1.165, 1.54) is 18.9 Å². The van der Waals surface area contributed by atoms with Gasteiger partial charge in [-0.25, -0.2) is 4.79 Å². The van der Waals surface area contributed by atoms with Crippen molar-refractivity contribution in [2.45, 2.75) is 32.2 Å². The number of likely N-dealkylation sites (tertiary alicyclic amines) is 1. The van der Waals surface area contributed by atoms with E-state index >= 15 is 0 Å². The van der Waals surface area contributed by atoms with Crippen LogP contribution in [0.2, 0.25) is 0 Å². The van der Waals surface area contributed by atoms with Gasteiger partial charge in [-0.3, -0.25) is 9.59 Å². The maximum Gasteiger partial charge on any atom is 0.326 e. The zero-order valence-electron chi connectivity index (χ0n) is 15.3. The number of carbonyl (C=O) groups is 3. The number of para-hydroxylation sites is 1. The molecule has 1 aliphatic heterocycles. The van der Waals surface area contributed by atoms with E-state index in [0.717, 1.165) is 5.75 Å². The summed E-state index contributed by atoms with van der Waals surface area (Å²) >= 11 is 0. The second kappa shape index (κ2) is 9.22. The number of nitrogens with zero attached hydrogens (tertiary/aromatic N) is 2. The number of carboxylic acid groups (broad SMARTS) is 1. The average molecular weight is 362 g/mol. The van der Waals surface area contributed by atoms with Crippen molar-refractivity contribution in [1.29, 1.82) is 0 Å². The minimum Gasteiger partial charge on any atom is -0.493 e. The Morgan fingerprint density at radius 2 is 1.85 bits per heavy atom. The Labute approximate surface area is 153 Å². The van der Waals surface area contributed by atoms with Crippen LogP contribution in [-0.4, -0.2) is 65.5 Å². The summed E-state index contributed by atoms with van der Waals surface area (Å²) in [6.45, 7) is 2.83. The number of carbonyl (C=O) groups excluding carboxylic acids is 2. The molecule has 26 heavy (non-hydrogen) atoms. The molecule has 1 unspecified atom stereocenters. The molecule has 2 rings (SSSR count). The van der Waals surface area contributed by atoms with Gasteiger partial charge in [-0.05, 0) is 31.9 Å². The van der Waals surface area contributed by atoms with Gasteiger partial charge in [-0.2, -0.15) is 0 Å². The first-order valence-corrected chi connectivity index (χ1v) is 8.85. The molecule has 7 heteroatoms. The molecule has 1 aromatic carbocycles. The minimum atomic E-state index is -1.02. The number of aliphatic carboxylic acids is 1. The van der Waals surface area contributed by atoms with Gasteiger partial charge < -0.3 is 19.6 Å². The summed E-state index contributed by atoms with van der Waals surface area (Å²) in [5.74, 6) is -0.669. The van der Waals surface area contributed by atoms with Crippen molar-refractivity contribution in [3.05, 3.63) is 30.3 Å². The van der Waals surface area contributed by atoms with Crippen LogP contribution in [0.1, 0.15) is 26.2 Å². The summed E-state index contributed by atoms with van der Waals surface area (Å²) in [7, 11) is 1.51. The fourth-order valence-corrected chi connectivity index (χ4v) is 2.95. The number of rotatable bonds is 7. The molecule has 0 saturated carbocycles. The second-order valence-electron chi connectivity index (χ2n) is 6.53. The van der Waals surface area contributed by atoms with Crippen LogP contribution in [0.15, 0.2) is 30.3 Å². The number of hydrogen-bond donors (Lipinski definition) is 1. The van der Waals surface area contributed by atoms with Gasteiger partial charge in [0.1, 0.15) is 11.8 Å². The van der Waals surface area contributed by atoms with E-state index in [9.17, 15) is 14.4 Å². The zero-order chi connectivity index (χ0) is 19.1. The number of amides is 2. The van der Waals surface area contributed by atoms with Crippen molar-refractivity contribution in [2.24, 2.45) is 5.92 Å². The fraction of sp³-hybridized carbons (Fsp3) is 0.526. The van der Waals surface area contributed by atoms with Gasteiger partial charge in [-0.1, -0.05) is 18.2 Å². The largest absolute Gasteiger partial charge is 0.493 e. The lowest BCUT2D eigenvalue weighted by atomic mass is 9.94. The summed E-state index contributed by atoms with van der Waals surface area (Å²) in [4.78, 5) is 38.7. The normalized spacial score (nSPS) is 16.0. The van der Waals surface area contributed by atoms with Crippen molar-refractivity contribution in [1.82, 2.24) is 9.80 Å². The first-order valence-electron chi connectivity index (χ1n) is 8.85. The molecule has 1 N–H and O–H groups in total. The summed E-state index contributed by atoms with van der Waals surface area (Å²) in [5.41, 5.74) is 0. The molecule has 1 heterocycles. The van der Waals surface area contributed by atoms with Crippen molar-refractivity contribution >= 4 is 17.8 Å². The Morgan fingerprint density at radius 3 is 2.42 bits per heavy atom. The molecule has 7 nitrogen and oxygen atoms in total. The molecular formula is C19H26N2O5. The number of benzene rings is 1. The average Bonchev–Trinajstić information content (AvgIpc) is 2.67. The number of piperidine rings is 1. The Kier molecular flexibility index (Phi) is 7.00. The van der Waals surface area contributed by atoms with Crippen LogP contribution in [0, 0.1) is 5.92 Å². The molecule has 0 aliphatic carbocycles. The fourth-order valence-electron chi connectivity index (χ4n) is 2.95. The highest BCUT2D eigenvalue weighted by Gasteiger charge is 2.32. The number of carboxylic acids is 1. The SMILES string of the molecule is CC(C(=O)O)N(C)C(=O)C1CCN(C(=O)CCOc2ccccc2)CC1. The third kappa shape index (κ3) is 5.21. The molecule has 142 valence electrons. The lowest BCUT2D eigenvalue weighted by molar-refractivity contribution is -0.151. The Bertz CT molecular complexity index is 626.